The Morgan fingerprint density at radius 3 is 2.47 bits per heavy atom. The van der Waals surface area contributed by atoms with E-state index in [1.807, 2.05) is 0 Å². The molecule has 8 heteroatoms. The number of hydrogen-bond donors (Lipinski definition) is 1. The summed E-state index contributed by atoms with van der Waals surface area (Å²) in [6.07, 6.45) is 2.66. The summed E-state index contributed by atoms with van der Waals surface area (Å²) < 4.78 is 25.6. The normalized spacial score (nSPS) is 11.3. The molecule has 0 saturated carbocycles. The summed E-state index contributed by atoms with van der Waals surface area (Å²) in [5.41, 5.74) is 5.95. The van der Waals surface area contributed by atoms with Crippen molar-refractivity contribution in [3.05, 3.63) is 41.7 Å². The summed E-state index contributed by atoms with van der Waals surface area (Å²) in [5.74, 6) is 0.0341. The van der Waals surface area contributed by atoms with Crippen molar-refractivity contribution in [3.8, 4) is 0 Å². The van der Waals surface area contributed by atoms with Crippen LogP contribution in [0, 0.1) is 0 Å². The van der Waals surface area contributed by atoms with Gasteiger partial charge in [0.05, 0.1) is 22.3 Å². The van der Waals surface area contributed by atoms with Crippen LogP contribution in [0.25, 0.3) is 0 Å². The number of sulfonamides is 1. The standard InChI is InChI=1S/C11H11ClN4O2S/c1-16(11-14-6-8(12)7-15-11)19(17,18)10-4-2-3-9(13)5-10/h2-7H,13H2,1H3. The van der Waals surface area contributed by atoms with Crippen LogP contribution in [0.2, 0.25) is 5.02 Å². The van der Waals surface area contributed by atoms with Crippen molar-refractivity contribution in [1.29, 1.82) is 0 Å². The Balaban J connectivity index is 2.42. The largest absolute Gasteiger partial charge is 0.399 e. The van der Waals surface area contributed by atoms with E-state index in [1.165, 1.54) is 31.6 Å². The number of benzene rings is 1. The van der Waals surface area contributed by atoms with Crippen molar-refractivity contribution >= 4 is 33.3 Å². The van der Waals surface area contributed by atoms with Gasteiger partial charge in [-0.3, -0.25) is 0 Å². The zero-order chi connectivity index (χ0) is 14.0. The SMILES string of the molecule is CN(c1ncc(Cl)cn1)S(=O)(=O)c1cccc(N)c1. The predicted octanol–water partition coefficient (Wildman–Crippen LogP) is 1.54. The molecule has 2 rings (SSSR count). The number of nitrogen functional groups attached to an aromatic ring is 1. The summed E-state index contributed by atoms with van der Waals surface area (Å²) in [7, 11) is -2.38. The van der Waals surface area contributed by atoms with E-state index in [0.29, 0.717) is 10.7 Å². The van der Waals surface area contributed by atoms with Gasteiger partial charge in [0.15, 0.2) is 0 Å². The molecule has 0 bridgehead atoms. The lowest BCUT2D eigenvalue weighted by Crippen LogP contribution is -2.28. The molecule has 1 aromatic heterocycles. The number of nitrogens with zero attached hydrogens (tertiary/aromatic N) is 3. The Morgan fingerprint density at radius 2 is 1.89 bits per heavy atom. The van der Waals surface area contributed by atoms with Crippen LogP contribution < -0.4 is 10.0 Å². The van der Waals surface area contributed by atoms with Crippen molar-refractivity contribution < 1.29 is 8.42 Å². The smallest absolute Gasteiger partial charge is 0.266 e. The van der Waals surface area contributed by atoms with E-state index < -0.39 is 10.0 Å². The maximum atomic E-state index is 12.3. The fourth-order valence-electron chi connectivity index (χ4n) is 1.41. The lowest BCUT2D eigenvalue weighted by Gasteiger charge is -2.17. The van der Waals surface area contributed by atoms with Crippen LogP contribution in [-0.2, 0) is 10.0 Å². The van der Waals surface area contributed by atoms with E-state index in [1.54, 1.807) is 12.1 Å². The van der Waals surface area contributed by atoms with E-state index in [2.05, 4.69) is 9.97 Å². The van der Waals surface area contributed by atoms with Gasteiger partial charge in [-0.05, 0) is 18.2 Å². The average molecular weight is 299 g/mol. The molecule has 0 spiro atoms. The number of anilines is 2. The highest BCUT2D eigenvalue weighted by molar-refractivity contribution is 7.92. The van der Waals surface area contributed by atoms with Crippen LogP contribution in [0.3, 0.4) is 0 Å². The molecule has 0 amide bonds. The molecule has 0 aliphatic carbocycles. The van der Waals surface area contributed by atoms with Gasteiger partial charge in [-0.1, -0.05) is 17.7 Å². The van der Waals surface area contributed by atoms with Crippen LogP contribution in [-0.4, -0.2) is 25.4 Å². The van der Waals surface area contributed by atoms with Gasteiger partial charge >= 0.3 is 0 Å². The second kappa shape index (κ2) is 5.02. The summed E-state index contributed by atoms with van der Waals surface area (Å²) >= 11 is 5.66. The lowest BCUT2D eigenvalue weighted by molar-refractivity contribution is 0.593. The fraction of sp³-hybridized carbons (Fsp3) is 0.0909. The monoisotopic (exact) mass is 298 g/mol. The van der Waals surface area contributed by atoms with Crippen molar-refractivity contribution in [2.75, 3.05) is 17.1 Å². The molecular weight excluding hydrogens is 288 g/mol. The van der Waals surface area contributed by atoms with Crippen LogP contribution in [0.4, 0.5) is 11.6 Å². The lowest BCUT2D eigenvalue weighted by atomic mass is 10.3. The Kier molecular flexibility index (Phi) is 3.59. The molecule has 0 saturated heterocycles. The highest BCUT2D eigenvalue weighted by Crippen LogP contribution is 2.20. The first-order chi connectivity index (χ1) is 8.91. The molecule has 0 fully saturated rings. The molecule has 1 aromatic carbocycles. The summed E-state index contributed by atoms with van der Waals surface area (Å²) in [6.45, 7) is 0. The number of rotatable bonds is 3. The second-order valence-electron chi connectivity index (χ2n) is 3.75. The van der Waals surface area contributed by atoms with Crippen LogP contribution >= 0.6 is 11.6 Å². The fourth-order valence-corrected chi connectivity index (χ4v) is 2.67. The maximum absolute atomic E-state index is 12.3. The Labute approximate surface area is 115 Å². The third-order valence-electron chi connectivity index (χ3n) is 2.40. The third-order valence-corrected chi connectivity index (χ3v) is 4.33. The molecule has 0 aliphatic heterocycles. The van der Waals surface area contributed by atoms with Crippen molar-refractivity contribution in [3.63, 3.8) is 0 Å². The van der Waals surface area contributed by atoms with Gasteiger partial charge in [0, 0.05) is 12.7 Å². The first-order valence-corrected chi connectivity index (χ1v) is 7.05. The number of nitrogens with two attached hydrogens (primary N) is 1. The summed E-state index contributed by atoms with van der Waals surface area (Å²) in [4.78, 5) is 7.81. The van der Waals surface area contributed by atoms with Gasteiger partial charge in [0.25, 0.3) is 10.0 Å². The number of aromatic nitrogens is 2. The Hall–Kier alpha value is -1.86. The minimum atomic E-state index is -3.74. The van der Waals surface area contributed by atoms with Crippen LogP contribution in [0.1, 0.15) is 0 Å². The quantitative estimate of drug-likeness (QED) is 0.868. The van der Waals surface area contributed by atoms with Gasteiger partial charge in [-0.2, -0.15) is 0 Å². The maximum Gasteiger partial charge on any atom is 0.266 e. The van der Waals surface area contributed by atoms with E-state index in [0.717, 1.165) is 4.31 Å². The molecule has 2 N–H and O–H groups in total. The highest BCUT2D eigenvalue weighted by atomic mass is 35.5. The first-order valence-electron chi connectivity index (χ1n) is 5.23. The minimum absolute atomic E-state index is 0.0341. The van der Waals surface area contributed by atoms with E-state index in [9.17, 15) is 8.42 Å². The van der Waals surface area contributed by atoms with Gasteiger partial charge in [0.2, 0.25) is 5.95 Å². The van der Waals surface area contributed by atoms with Gasteiger partial charge in [-0.15, -0.1) is 0 Å². The first kappa shape index (κ1) is 13.6. The second-order valence-corrected chi connectivity index (χ2v) is 6.15. The topological polar surface area (TPSA) is 89.2 Å². The molecule has 0 aliphatic rings. The molecule has 1 heterocycles. The minimum Gasteiger partial charge on any atom is -0.399 e. The Bertz CT molecular complexity index is 688. The van der Waals surface area contributed by atoms with Gasteiger partial charge < -0.3 is 5.73 Å². The van der Waals surface area contributed by atoms with Crippen LogP contribution in [0.15, 0.2) is 41.6 Å². The molecule has 2 aromatic rings. The van der Waals surface area contributed by atoms with Crippen LogP contribution in [0.5, 0.6) is 0 Å². The molecular formula is C11H11ClN4O2S. The molecule has 0 unspecified atom stereocenters. The van der Waals surface area contributed by atoms with Gasteiger partial charge in [0.1, 0.15) is 0 Å². The number of hydrogen-bond acceptors (Lipinski definition) is 5. The van der Waals surface area contributed by atoms with Gasteiger partial charge in [-0.25, -0.2) is 22.7 Å². The average Bonchev–Trinajstić information content (AvgIpc) is 2.39. The zero-order valence-corrected chi connectivity index (χ0v) is 11.6. The van der Waals surface area contributed by atoms with E-state index in [-0.39, 0.29) is 10.8 Å². The third kappa shape index (κ3) is 2.77. The molecule has 0 atom stereocenters. The Morgan fingerprint density at radius 1 is 1.26 bits per heavy atom. The highest BCUT2D eigenvalue weighted by Gasteiger charge is 2.23. The predicted molar refractivity (Wildman–Crippen MR) is 73.5 cm³/mol. The molecule has 6 nitrogen and oxygen atoms in total. The molecule has 100 valence electrons. The number of halogens is 1. The summed E-state index contributed by atoms with van der Waals surface area (Å²) in [6, 6.07) is 6.01. The molecule has 19 heavy (non-hydrogen) atoms. The zero-order valence-electron chi connectivity index (χ0n) is 9.99. The summed E-state index contributed by atoms with van der Waals surface area (Å²) in [5, 5.41) is 0.332. The van der Waals surface area contributed by atoms with E-state index in [4.69, 9.17) is 17.3 Å². The van der Waals surface area contributed by atoms with Crippen molar-refractivity contribution in [2.45, 2.75) is 4.90 Å². The molecule has 0 radical (unpaired) electrons. The van der Waals surface area contributed by atoms with Crippen molar-refractivity contribution in [2.24, 2.45) is 0 Å². The van der Waals surface area contributed by atoms with Crippen molar-refractivity contribution in [1.82, 2.24) is 9.97 Å². The van der Waals surface area contributed by atoms with E-state index >= 15 is 0 Å².